The van der Waals surface area contributed by atoms with Gasteiger partial charge in [0.15, 0.2) is 5.13 Å². The monoisotopic (exact) mass is 309 g/mol. The highest BCUT2D eigenvalue weighted by Crippen LogP contribution is 2.27. The lowest BCUT2D eigenvalue weighted by Gasteiger charge is -2.20. The number of nitrogens with zero attached hydrogens (tertiary/aromatic N) is 2. The summed E-state index contributed by atoms with van der Waals surface area (Å²) in [6, 6.07) is 0.141. The second kappa shape index (κ2) is 5.75. The van der Waals surface area contributed by atoms with Crippen LogP contribution in [0.2, 0.25) is 0 Å². The van der Waals surface area contributed by atoms with Gasteiger partial charge in [-0.3, -0.25) is 9.59 Å². The Hall–Kier alpha value is -1.43. The van der Waals surface area contributed by atoms with Crippen LogP contribution in [0.15, 0.2) is 5.38 Å². The topological polar surface area (TPSA) is 62.3 Å². The second-order valence-electron chi connectivity index (χ2n) is 6.82. The highest BCUT2D eigenvalue weighted by atomic mass is 32.1. The second-order valence-corrected chi connectivity index (χ2v) is 7.68. The van der Waals surface area contributed by atoms with Crippen LogP contribution in [0.5, 0.6) is 0 Å². The van der Waals surface area contributed by atoms with E-state index in [0.29, 0.717) is 18.1 Å². The van der Waals surface area contributed by atoms with Crippen molar-refractivity contribution in [1.29, 1.82) is 0 Å². The molecule has 1 fully saturated rings. The van der Waals surface area contributed by atoms with Crippen molar-refractivity contribution in [2.45, 2.75) is 52.5 Å². The van der Waals surface area contributed by atoms with Gasteiger partial charge in [0, 0.05) is 29.8 Å². The molecule has 1 saturated heterocycles. The Bertz CT molecular complexity index is 545. The molecule has 1 aliphatic heterocycles. The molecule has 1 aromatic rings. The average Bonchev–Trinajstić information content (AvgIpc) is 2.94. The highest BCUT2D eigenvalue weighted by Gasteiger charge is 2.35. The smallest absolute Gasteiger partial charge is 0.231 e. The summed E-state index contributed by atoms with van der Waals surface area (Å²) in [4.78, 5) is 30.3. The lowest BCUT2D eigenvalue weighted by Crippen LogP contribution is -2.33. The first kappa shape index (κ1) is 15.9. The number of thiazole rings is 1. The lowest BCUT2D eigenvalue weighted by atomic mass is 9.93. The summed E-state index contributed by atoms with van der Waals surface area (Å²) in [6.45, 7) is 10.7. The number of carbonyl (C=O) groups excluding carboxylic acids is 2. The van der Waals surface area contributed by atoms with Crippen LogP contribution >= 0.6 is 11.3 Å². The highest BCUT2D eigenvalue weighted by molar-refractivity contribution is 7.13. The van der Waals surface area contributed by atoms with E-state index in [1.54, 1.807) is 4.90 Å². The predicted octanol–water partition coefficient (Wildman–Crippen LogP) is 2.64. The Morgan fingerprint density at radius 3 is 2.62 bits per heavy atom. The molecule has 0 radical (unpaired) electrons. The van der Waals surface area contributed by atoms with Gasteiger partial charge in [-0.15, -0.1) is 11.3 Å². The zero-order chi connectivity index (χ0) is 15.8. The van der Waals surface area contributed by atoms with Crippen LogP contribution in [0.4, 0.5) is 5.13 Å². The van der Waals surface area contributed by atoms with Crippen molar-refractivity contribution >= 4 is 28.3 Å². The molecular weight excluding hydrogens is 286 g/mol. The van der Waals surface area contributed by atoms with Gasteiger partial charge in [-0.25, -0.2) is 4.98 Å². The third kappa shape index (κ3) is 3.61. The third-order valence-electron chi connectivity index (χ3n) is 3.66. The quantitative estimate of drug-likeness (QED) is 0.933. The molecule has 0 saturated carbocycles. The Morgan fingerprint density at radius 2 is 2.14 bits per heavy atom. The number of hydrogen-bond donors (Lipinski definition) is 1. The number of rotatable bonds is 3. The summed E-state index contributed by atoms with van der Waals surface area (Å²) in [5.41, 5.74) is 0.936. The molecule has 2 rings (SSSR count). The lowest BCUT2D eigenvalue weighted by molar-refractivity contribution is -0.129. The number of amides is 2. The molecular formula is C15H23N3O2S. The number of nitrogens with one attached hydrogen (secondary N) is 1. The van der Waals surface area contributed by atoms with Gasteiger partial charge in [0.2, 0.25) is 11.8 Å². The van der Waals surface area contributed by atoms with Gasteiger partial charge in [-0.05, 0) is 13.8 Å². The summed E-state index contributed by atoms with van der Waals surface area (Å²) in [5.74, 6) is -0.331. The zero-order valence-corrected chi connectivity index (χ0v) is 14.1. The normalized spacial score (nSPS) is 19.4. The summed E-state index contributed by atoms with van der Waals surface area (Å²) in [6.07, 6.45) is 0.293. The van der Waals surface area contributed by atoms with Crippen LogP contribution in [0.25, 0.3) is 0 Å². The first-order chi connectivity index (χ1) is 9.68. The maximum absolute atomic E-state index is 12.3. The molecule has 21 heavy (non-hydrogen) atoms. The van der Waals surface area contributed by atoms with Crippen LogP contribution in [0.3, 0.4) is 0 Å². The minimum atomic E-state index is -0.276. The summed E-state index contributed by atoms with van der Waals surface area (Å²) >= 11 is 1.43. The fourth-order valence-corrected chi connectivity index (χ4v) is 3.23. The molecule has 1 aliphatic rings. The largest absolute Gasteiger partial charge is 0.339 e. The molecule has 5 nitrogen and oxygen atoms in total. The predicted molar refractivity (Wildman–Crippen MR) is 84.4 cm³/mol. The van der Waals surface area contributed by atoms with E-state index in [1.165, 1.54) is 11.3 Å². The van der Waals surface area contributed by atoms with E-state index in [0.717, 1.165) is 5.69 Å². The van der Waals surface area contributed by atoms with E-state index >= 15 is 0 Å². The Balaban J connectivity index is 2.00. The standard InChI is InChI=1S/C15H23N3O2S/c1-9(2)18-7-10(6-12(18)19)13(20)17-14-16-11(8-21-14)15(3,4)5/h8-10H,6-7H2,1-5H3,(H,16,17,20)/t10-/m0/s1. The fourth-order valence-electron chi connectivity index (χ4n) is 2.29. The van der Waals surface area contributed by atoms with Crippen LogP contribution < -0.4 is 5.32 Å². The van der Waals surface area contributed by atoms with Crippen molar-refractivity contribution in [2.75, 3.05) is 11.9 Å². The average molecular weight is 309 g/mol. The molecule has 0 aliphatic carbocycles. The Labute approximate surface area is 129 Å². The van der Waals surface area contributed by atoms with Crippen LogP contribution in [0, 0.1) is 5.92 Å². The van der Waals surface area contributed by atoms with Gasteiger partial charge >= 0.3 is 0 Å². The minimum Gasteiger partial charge on any atom is -0.339 e. The first-order valence-electron chi connectivity index (χ1n) is 7.25. The molecule has 0 spiro atoms. The van der Waals surface area contributed by atoms with Crippen molar-refractivity contribution in [1.82, 2.24) is 9.88 Å². The molecule has 1 aromatic heterocycles. The van der Waals surface area contributed by atoms with Gasteiger partial charge < -0.3 is 10.2 Å². The third-order valence-corrected chi connectivity index (χ3v) is 4.41. The van der Waals surface area contributed by atoms with E-state index in [-0.39, 0.29) is 29.2 Å². The Morgan fingerprint density at radius 1 is 1.48 bits per heavy atom. The number of carbonyl (C=O) groups is 2. The van der Waals surface area contributed by atoms with Crippen LogP contribution in [-0.2, 0) is 15.0 Å². The van der Waals surface area contributed by atoms with Gasteiger partial charge in [0.1, 0.15) is 0 Å². The van der Waals surface area contributed by atoms with Gasteiger partial charge in [0.25, 0.3) is 0 Å². The molecule has 116 valence electrons. The molecule has 2 amide bonds. The van der Waals surface area contributed by atoms with E-state index in [4.69, 9.17) is 0 Å². The number of likely N-dealkylation sites (tertiary alicyclic amines) is 1. The van der Waals surface area contributed by atoms with Crippen molar-refractivity contribution in [3.8, 4) is 0 Å². The summed E-state index contributed by atoms with van der Waals surface area (Å²) in [5, 5.41) is 5.43. The minimum absolute atomic E-state index is 0.0305. The van der Waals surface area contributed by atoms with E-state index in [2.05, 4.69) is 31.1 Å². The SMILES string of the molecule is CC(C)N1C[C@@H](C(=O)Nc2nc(C(C)(C)C)cs2)CC1=O. The van der Waals surface area contributed by atoms with E-state index in [1.807, 2.05) is 19.2 Å². The summed E-state index contributed by atoms with van der Waals surface area (Å²) in [7, 11) is 0. The number of anilines is 1. The van der Waals surface area contributed by atoms with Crippen LogP contribution in [-0.4, -0.2) is 34.3 Å². The van der Waals surface area contributed by atoms with Gasteiger partial charge in [-0.1, -0.05) is 20.8 Å². The number of aromatic nitrogens is 1. The van der Waals surface area contributed by atoms with Gasteiger partial charge in [-0.2, -0.15) is 0 Å². The molecule has 0 unspecified atom stereocenters. The van der Waals surface area contributed by atoms with Crippen molar-refractivity contribution in [3.63, 3.8) is 0 Å². The van der Waals surface area contributed by atoms with Crippen molar-refractivity contribution in [3.05, 3.63) is 11.1 Å². The van der Waals surface area contributed by atoms with E-state index in [9.17, 15) is 9.59 Å². The first-order valence-corrected chi connectivity index (χ1v) is 8.13. The van der Waals surface area contributed by atoms with Crippen molar-refractivity contribution < 1.29 is 9.59 Å². The molecule has 6 heteroatoms. The van der Waals surface area contributed by atoms with E-state index < -0.39 is 0 Å². The van der Waals surface area contributed by atoms with Crippen LogP contribution in [0.1, 0.15) is 46.7 Å². The molecule has 0 bridgehead atoms. The molecule has 1 atom stereocenters. The molecule has 0 aromatic carbocycles. The maximum Gasteiger partial charge on any atom is 0.231 e. The molecule has 2 heterocycles. The van der Waals surface area contributed by atoms with Crippen molar-refractivity contribution in [2.24, 2.45) is 5.92 Å². The molecule has 1 N–H and O–H groups in total. The number of hydrogen-bond acceptors (Lipinski definition) is 4. The Kier molecular flexibility index (Phi) is 4.37. The fraction of sp³-hybridized carbons (Fsp3) is 0.667. The zero-order valence-electron chi connectivity index (χ0n) is 13.3. The maximum atomic E-state index is 12.3. The van der Waals surface area contributed by atoms with Gasteiger partial charge in [0.05, 0.1) is 11.6 Å². The summed E-state index contributed by atoms with van der Waals surface area (Å²) < 4.78 is 0.